The van der Waals surface area contributed by atoms with Gasteiger partial charge in [-0.15, -0.1) is 0 Å². The fourth-order valence-corrected chi connectivity index (χ4v) is 3.57. The van der Waals surface area contributed by atoms with E-state index in [2.05, 4.69) is 20.4 Å². The maximum Gasteiger partial charge on any atom is 0.425 e. The molecule has 2 aromatic rings. The van der Waals surface area contributed by atoms with Gasteiger partial charge in [0.15, 0.2) is 11.9 Å². The first-order valence-corrected chi connectivity index (χ1v) is 10.4. The molecule has 7 nitrogen and oxygen atoms in total. The Balaban J connectivity index is 1.59. The van der Waals surface area contributed by atoms with Gasteiger partial charge in [0, 0.05) is 24.8 Å². The number of rotatable bonds is 8. The second kappa shape index (κ2) is 7.80. The van der Waals surface area contributed by atoms with E-state index in [0.717, 1.165) is 32.6 Å². The van der Waals surface area contributed by atoms with Gasteiger partial charge in [-0.3, -0.25) is 9.78 Å². The molecular weight excluding hydrogens is 413 g/mol. The van der Waals surface area contributed by atoms with Crippen molar-refractivity contribution in [3.05, 3.63) is 35.2 Å². The molecule has 10 heteroatoms. The van der Waals surface area contributed by atoms with Crippen LogP contribution < -0.4 is 10.1 Å². The normalized spacial score (nSPS) is 19.5. The van der Waals surface area contributed by atoms with Gasteiger partial charge in [0.1, 0.15) is 17.0 Å². The molecule has 0 saturated heterocycles. The number of hydrogen-bond acceptors (Lipinski definition) is 6. The van der Waals surface area contributed by atoms with Gasteiger partial charge < -0.3 is 14.6 Å². The van der Waals surface area contributed by atoms with Crippen molar-refractivity contribution in [3.63, 3.8) is 0 Å². The number of halogens is 3. The van der Waals surface area contributed by atoms with E-state index in [1.165, 1.54) is 12.3 Å². The zero-order valence-corrected chi connectivity index (χ0v) is 17.6. The highest BCUT2D eigenvalue weighted by Gasteiger charge is 2.41. The van der Waals surface area contributed by atoms with Crippen LogP contribution in [0, 0.1) is 12.8 Å². The number of amides is 1. The van der Waals surface area contributed by atoms with Crippen molar-refractivity contribution in [1.82, 2.24) is 20.4 Å². The van der Waals surface area contributed by atoms with Crippen molar-refractivity contribution in [1.29, 1.82) is 0 Å². The van der Waals surface area contributed by atoms with Gasteiger partial charge in [-0.25, -0.2) is 0 Å². The van der Waals surface area contributed by atoms with Crippen LogP contribution in [0.2, 0.25) is 0 Å². The van der Waals surface area contributed by atoms with E-state index in [0.29, 0.717) is 29.6 Å². The lowest BCUT2D eigenvalue weighted by Gasteiger charge is -2.27. The molecule has 31 heavy (non-hydrogen) atoms. The number of nitrogens with one attached hydrogen (secondary N) is 1. The number of alkyl halides is 3. The zero-order chi connectivity index (χ0) is 22.4. The molecule has 0 aromatic carbocycles. The number of nitrogens with zero attached hydrogens (tertiary/aromatic N) is 3. The number of hydrogen-bond donors (Lipinski definition) is 1. The van der Waals surface area contributed by atoms with Crippen LogP contribution in [0.3, 0.4) is 0 Å². The van der Waals surface area contributed by atoms with Crippen molar-refractivity contribution >= 4 is 5.91 Å². The average Bonchev–Trinajstić information content (AvgIpc) is 3.61. The molecule has 2 aliphatic rings. The first-order chi connectivity index (χ1) is 14.5. The third-order valence-electron chi connectivity index (χ3n) is 5.71. The largest absolute Gasteiger partial charge is 0.481 e. The van der Waals surface area contributed by atoms with Crippen LogP contribution in [0.1, 0.15) is 79.6 Å². The molecule has 1 N–H and O–H groups in total. The number of ether oxygens (including phenoxy) is 1. The quantitative estimate of drug-likeness (QED) is 0.656. The van der Waals surface area contributed by atoms with Gasteiger partial charge in [0.05, 0.1) is 0 Å². The van der Waals surface area contributed by atoms with Crippen LogP contribution >= 0.6 is 0 Å². The molecular formula is C21H25F3N4O3. The maximum atomic E-state index is 13.0. The number of pyridine rings is 1. The van der Waals surface area contributed by atoms with Crippen molar-refractivity contribution < 1.29 is 27.2 Å². The smallest absolute Gasteiger partial charge is 0.425 e. The second-order valence-electron chi connectivity index (χ2n) is 8.75. The Hall–Kier alpha value is -2.65. The van der Waals surface area contributed by atoms with Crippen LogP contribution in [-0.2, 0) is 5.54 Å². The topological polar surface area (TPSA) is 90.1 Å². The minimum Gasteiger partial charge on any atom is -0.481 e. The Kier molecular flexibility index (Phi) is 5.43. The SMILES string of the molecule is Cc1nc(C(C)(CC2CC2)NC(=O)c2cc(OC(C)C(F)(F)F)c(C3CC3)cn2)no1. The number of aryl methyl sites for hydroxylation is 1. The molecule has 1 amide bonds. The summed E-state index contributed by atoms with van der Waals surface area (Å²) in [5, 5.41) is 6.90. The predicted octanol–water partition coefficient (Wildman–Crippen LogP) is 4.43. The van der Waals surface area contributed by atoms with Crippen LogP contribution in [0.4, 0.5) is 13.2 Å². The third kappa shape index (κ3) is 4.99. The molecule has 2 aromatic heterocycles. The lowest BCUT2D eigenvalue weighted by Crippen LogP contribution is -2.45. The molecule has 2 fully saturated rings. The van der Waals surface area contributed by atoms with Crippen molar-refractivity contribution in [3.8, 4) is 5.75 Å². The summed E-state index contributed by atoms with van der Waals surface area (Å²) < 4.78 is 49.4. The molecule has 2 unspecified atom stereocenters. The Morgan fingerprint density at radius 3 is 2.58 bits per heavy atom. The highest BCUT2D eigenvalue weighted by atomic mass is 19.4. The van der Waals surface area contributed by atoms with Gasteiger partial charge in [-0.2, -0.15) is 18.2 Å². The molecule has 2 heterocycles. The summed E-state index contributed by atoms with van der Waals surface area (Å²) in [5.41, 5.74) is -0.300. The van der Waals surface area contributed by atoms with Gasteiger partial charge in [-0.05, 0) is 44.9 Å². The summed E-state index contributed by atoms with van der Waals surface area (Å²) in [7, 11) is 0. The van der Waals surface area contributed by atoms with Crippen molar-refractivity contribution in [2.45, 2.75) is 76.6 Å². The summed E-state index contributed by atoms with van der Waals surface area (Å²) >= 11 is 0. The van der Waals surface area contributed by atoms with E-state index < -0.39 is 23.7 Å². The molecule has 0 radical (unpaired) electrons. The van der Waals surface area contributed by atoms with E-state index in [4.69, 9.17) is 9.26 Å². The zero-order valence-electron chi connectivity index (χ0n) is 17.6. The van der Waals surface area contributed by atoms with E-state index in [1.54, 1.807) is 6.92 Å². The molecule has 4 rings (SSSR count). The summed E-state index contributed by atoms with van der Waals surface area (Å²) in [6, 6.07) is 1.30. The van der Waals surface area contributed by atoms with Crippen LogP contribution in [-0.4, -0.2) is 33.3 Å². The molecule has 168 valence electrons. The Morgan fingerprint density at radius 2 is 2.03 bits per heavy atom. The predicted molar refractivity (Wildman–Crippen MR) is 104 cm³/mol. The summed E-state index contributed by atoms with van der Waals surface area (Å²) in [6.07, 6.45) is -0.583. The van der Waals surface area contributed by atoms with Crippen molar-refractivity contribution in [2.24, 2.45) is 5.92 Å². The number of carbonyl (C=O) groups excluding carboxylic acids is 1. The van der Waals surface area contributed by atoms with Gasteiger partial charge >= 0.3 is 6.18 Å². The highest BCUT2D eigenvalue weighted by Crippen LogP contribution is 2.45. The molecule has 0 aliphatic heterocycles. The number of carbonyl (C=O) groups is 1. The summed E-state index contributed by atoms with van der Waals surface area (Å²) in [5.74, 6) is 0.824. The van der Waals surface area contributed by atoms with E-state index in [9.17, 15) is 18.0 Å². The highest BCUT2D eigenvalue weighted by molar-refractivity contribution is 5.93. The lowest BCUT2D eigenvalue weighted by atomic mass is 9.93. The fourth-order valence-electron chi connectivity index (χ4n) is 3.57. The molecule has 0 bridgehead atoms. The Labute approximate surface area is 177 Å². The second-order valence-corrected chi connectivity index (χ2v) is 8.75. The minimum atomic E-state index is -4.51. The molecule has 2 aliphatic carbocycles. The van der Waals surface area contributed by atoms with Gasteiger partial charge in [0.2, 0.25) is 5.89 Å². The van der Waals surface area contributed by atoms with Gasteiger partial charge in [0.25, 0.3) is 5.91 Å². The fraction of sp³-hybridized carbons (Fsp3) is 0.619. The maximum absolute atomic E-state index is 13.0. The Morgan fingerprint density at radius 1 is 1.32 bits per heavy atom. The first-order valence-electron chi connectivity index (χ1n) is 10.4. The molecule has 0 spiro atoms. The van der Waals surface area contributed by atoms with E-state index in [1.807, 2.05) is 6.92 Å². The number of aromatic nitrogens is 3. The minimum absolute atomic E-state index is 0.0176. The average molecular weight is 438 g/mol. The first kappa shape index (κ1) is 21.6. The Bertz CT molecular complexity index is 969. The summed E-state index contributed by atoms with van der Waals surface area (Å²) in [4.78, 5) is 21.5. The standard InChI is InChI=1S/C21H25F3N4O3/c1-11(21(22,23)24)30-17-8-16(25-10-15(17)14-6-7-14)18(29)27-20(3,9-13-4-5-13)19-26-12(2)31-28-19/h8,10-11,13-14H,4-7,9H2,1-3H3,(H,27,29). The van der Waals surface area contributed by atoms with E-state index in [-0.39, 0.29) is 17.4 Å². The van der Waals surface area contributed by atoms with Crippen molar-refractivity contribution in [2.75, 3.05) is 0 Å². The summed E-state index contributed by atoms with van der Waals surface area (Å²) in [6.45, 7) is 4.43. The monoisotopic (exact) mass is 438 g/mol. The van der Waals surface area contributed by atoms with Gasteiger partial charge in [-0.1, -0.05) is 18.0 Å². The van der Waals surface area contributed by atoms with E-state index >= 15 is 0 Å². The molecule has 2 saturated carbocycles. The molecule has 2 atom stereocenters. The van der Waals surface area contributed by atoms with Crippen LogP contribution in [0.15, 0.2) is 16.8 Å². The van der Waals surface area contributed by atoms with Crippen LogP contribution in [0.25, 0.3) is 0 Å². The lowest BCUT2D eigenvalue weighted by molar-refractivity contribution is -0.189. The third-order valence-corrected chi connectivity index (χ3v) is 5.71. The van der Waals surface area contributed by atoms with Crippen LogP contribution in [0.5, 0.6) is 5.75 Å².